The standard InChI is InChI=1S/C22H25NO4S.ClH/c1-4-5-15-9-17-21(28-15)11-23-18-7-6-14-8-19(26-12(2)24)20(27-13(3)25)10-16(14)22(17)18;/h8-10,18,22-23H,4-7,11H2,1-3H3;1H/t18-,22+;/m0./s1. The van der Waals surface area contributed by atoms with E-state index in [1.165, 1.54) is 29.2 Å². The van der Waals surface area contributed by atoms with Crippen LogP contribution in [0.2, 0.25) is 0 Å². The molecule has 0 spiro atoms. The van der Waals surface area contributed by atoms with Gasteiger partial charge in [0.25, 0.3) is 0 Å². The summed E-state index contributed by atoms with van der Waals surface area (Å²) < 4.78 is 10.7. The van der Waals surface area contributed by atoms with Crippen molar-refractivity contribution < 1.29 is 19.1 Å². The minimum atomic E-state index is -0.427. The Bertz CT molecular complexity index is 939. The summed E-state index contributed by atoms with van der Waals surface area (Å²) in [5.41, 5.74) is 3.72. The zero-order valence-corrected chi connectivity index (χ0v) is 18.5. The fourth-order valence-electron chi connectivity index (χ4n) is 4.39. The first-order valence-electron chi connectivity index (χ1n) is 9.84. The number of nitrogens with one attached hydrogen (secondary N) is 1. The van der Waals surface area contributed by atoms with Crippen LogP contribution in [0.25, 0.3) is 0 Å². The van der Waals surface area contributed by atoms with E-state index in [1.54, 1.807) is 0 Å². The zero-order chi connectivity index (χ0) is 19.8. The fourth-order valence-corrected chi connectivity index (χ4v) is 5.65. The molecule has 2 aliphatic rings. The lowest BCUT2D eigenvalue weighted by Gasteiger charge is -2.38. The van der Waals surface area contributed by atoms with Crippen molar-refractivity contribution in [3.05, 3.63) is 44.6 Å². The first-order valence-corrected chi connectivity index (χ1v) is 10.7. The first-order chi connectivity index (χ1) is 13.5. The van der Waals surface area contributed by atoms with Crippen LogP contribution in [0.4, 0.5) is 0 Å². The molecule has 0 fully saturated rings. The number of carbonyl (C=O) groups is 2. The molecule has 4 rings (SSSR count). The molecule has 2 atom stereocenters. The van der Waals surface area contributed by atoms with Crippen molar-refractivity contribution in [2.24, 2.45) is 0 Å². The minimum Gasteiger partial charge on any atom is -0.423 e. The summed E-state index contributed by atoms with van der Waals surface area (Å²) in [6.45, 7) is 5.83. The SMILES string of the molecule is CCCc1cc2c(s1)CN[C@H]1CCc3cc(OC(C)=O)c(OC(C)=O)cc3[C@H]21.Cl. The van der Waals surface area contributed by atoms with Gasteiger partial charge in [-0.3, -0.25) is 9.59 Å². The highest BCUT2D eigenvalue weighted by Crippen LogP contribution is 2.46. The fraction of sp³-hybridized carbons (Fsp3) is 0.455. The third kappa shape index (κ3) is 4.34. The predicted octanol–water partition coefficient (Wildman–Crippen LogP) is 4.52. The second kappa shape index (κ2) is 8.86. The highest BCUT2D eigenvalue weighted by atomic mass is 35.5. The summed E-state index contributed by atoms with van der Waals surface area (Å²) >= 11 is 1.90. The molecular formula is C22H26ClNO4S. The number of ether oxygens (including phenoxy) is 2. The lowest BCUT2D eigenvalue weighted by molar-refractivity contribution is -0.134. The highest BCUT2D eigenvalue weighted by molar-refractivity contribution is 7.12. The van der Waals surface area contributed by atoms with Gasteiger partial charge >= 0.3 is 11.9 Å². The van der Waals surface area contributed by atoms with E-state index in [0.29, 0.717) is 17.5 Å². The van der Waals surface area contributed by atoms with Crippen LogP contribution in [0.3, 0.4) is 0 Å². The molecule has 1 aliphatic carbocycles. The van der Waals surface area contributed by atoms with E-state index in [1.807, 2.05) is 23.5 Å². The number of esters is 2. The average molecular weight is 436 g/mol. The van der Waals surface area contributed by atoms with Crippen LogP contribution in [0.15, 0.2) is 18.2 Å². The lowest BCUT2D eigenvalue weighted by Crippen LogP contribution is -2.42. The number of benzene rings is 1. The van der Waals surface area contributed by atoms with E-state index in [0.717, 1.165) is 43.4 Å². The number of halogens is 1. The van der Waals surface area contributed by atoms with Gasteiger partial charge in [0.15, 0.2) is 11.5 Å². The van der Waals surface area contributed by atoms with Crippen molar-refractivity contribution in [1.82, 2.24) is 5.32 Å². The molecule has 0 unspecified atom stereocenters. The maximum absolute atomic E-state index is 11.6. The average Bonchev–Trinajstić information content (AvgIpc) is 3.04. The maximum Gasteiger partial charge on any atom is 0.308 e. The molecule has 156 valence electrons. The van der Waals surface area contributed by atoms with Crippen LogP contribution < -0.4 is 14.8 Å². The molecule has 1 aromatic heterocycles. The van der Waals surface area contributed by atoms with Crippen LogP contribution in [0.5, 0.6) is 11.5 Å². The van der Waals surface area contributed by atoms with Gasteiger partial charge in [-0.1, -0.05) is 13.3 Å². The molecule has 29 heavy (non-hydrogen) atoms. The van der Waals surface area contributed by atoms with Crippen molar-refractivity contribution >= 4 is 35.7 Å². The van der Waals surface area contributed by atoms with Crippen LogP contribution in [-0.4, -0.2) is 18.0 Å². The van der Waals surface area contributed by atoms with E-state index in [9.17, 15) is 9.59 Å². The summed E-state index contributed by atoms with van der Waals surface area (Å²) in [7, 11) is 0. The van der Waals surface area contributed by atoms with Crippen molar-refractivity contribution in [1.29, 1.82) is 0 Å². The second-order valence-electron chi connectivity index (χ2n) is 7.53. The summed E-state index contributed by atoms with van der Waals surface area (Å²) in [6, 6.07) is 6.51. The van der Waals surface area contributed by atoms with Crippen molar-refractivity contribution in [3.63, 3.8) is 0 Å². The summed E-state index contributed by atoms with van der Waals surface area (Å²) in [5.74, 6) is 0.0174. The normalized spacial score (nSPS) is 19.3. The second-order valence-corrected chi connectivity index (χ2v) is 8.75. The summed E-state index contributed by atoms with van der Waals surface area (Å²) in [5, 5.41) is 3.70. The lowest BCUT2D eigenvalue weighted by atomic mass is 9.74. The third-order valence-electron chi connectivity index (χ3n) is 5.42. The maximum atomic E-state index is 11.6. The number of fused-ring (bicyclic) bond motifs is 5. The Kier molecular flexibility index (Phi) is 6.66. The molecule has 0 amide bonds. The molecule has 1 N–H and O–H groups in total. The molecule has 2 aromatic rings. The van der Waals surface area contributed by atoms with Gasteiger partial charge in [-0.25, -0.2) is 0 Å². The molecule has 1 aromatic carbocycles. The summed E-state index contributed by atoms with van der Waals surface area (Å²) in [6.07, 6.45) is 4.17. The van der Waals surface area contributed by atoms with Gasteiger partial charge in [0.2, 0.25) is 0 Å². The molecule has 2 heterocycles. The van der Waals surface area contributed by atoms with Crippen LogP contribution in [0.1, 0.15) is 66.0 Å². The molecule has 0 radical (unpaired) electrons. The van der Waals surface area contributed by atoms with E-state index in [4.69, 9.17) is 9.47 Å². The van der Waals surface area contributed by atoms with Gasteiger partial charge in [-0.05, 0) is 54.2 Å². The molecule has 7 heteroatoms. The van der Waals surface area contributed by atoms with Crippen LogP contribution >= 0.6 is 23.7 Å². The quantitative estimate of drug-likeness (QED) is 0.564. The van der Waals surface area contributed by atoms with Gasteiger partial charge in [0, 0.05) is 42.1 Å². The number of hydrogen-bond donors (Lipinski definition) is 1. The first kappa shape index (κ1) is 21.8. The van der Waals surface area contributed by atoms with E-state index in [-0.39, 0.29) is 18.3 Å². The van der Waals surface area contributed by atoms with Crippen molar-refractivity contribution in [2.75, 3.05) is 0 Å². The van der Waals surface area contributed by atoms with Crippen molar-refractivity contribution in [2.45, 2.75) is 65.0 Å². The monoisotopic (exact) mass is 435 g/mol. The van der Waals surface area contributed by atoms with Crippen LogP contribution in [-0.2, 0) is 29.0 Å². The number of hydrogen-bond acceptors (Lipinski definition) is 6. The molecule has 1 aliphatic heterocycles. The van der Waals surface area contributed by atoms with E-state index >= 15 is 0 Å². The third-order valence-corrected chi connectivity index (χ3v) is 6.63. The number of aryl methyl sites for hydroxylation is 2. The minimum absolute atomic E-state index is 0. The zero-order valence-electron chi connectivity index (χ0n) is 16.9. The Hall–Kier alpha value is -1.89. The van der Waals surface area contributed by atoms with E-state index < -0.39 is 11.9 Å². The highest BCUT2D eigenvalue weighted by Gasteiger charge is 2.37. The Labute approximate surface area is 181 Å². The van der Waals surface area contributed by atoms with Gasteiger partial charge in [-0.2, -0.15) is 0 Å². The number of thiophene rings is 1. The molecule has 0 saturated heterocycles. The molecule has 5 nitrogen and oxygen atoms in total. The van der Waals surface area contributed by atoms with Gasteiger partial charge in [-0.15, -0.1) is 23.7 Å². The Morgan fingerprint density at radius 2 is 1.79 bits per heavy atom. The number of rotatable bonds is 4. The topological polar surface area (TPSA) is 64.6 Å². The van der Waals surface area contributed by atoms with Gasteiger partial charge < -0.3 is 14.8 Å². The Morgan fingerprint density at radius 3 is 2.45 bits per heavy atom. The van der Waals surface area contributed by atoms with Gasteiger partial charge in [0.05, 0.1) is 0 Å². The van der Waals surface area contributed by atoms with E-state index in [2.05, 4.69) is 18.3 Å². The van der Waals surface area contributed by atoms with Crippen molar-refractivity contribution in [3.8, 4) is 11.5 Å². The Morgan fingerprint density at radius 1 is 1.10 bits per heavy atom. The molecule has 0 bridgehead atoms. The largest absolute Gasteiger partial charge is 0.423 e. The smallest absolute Gasteiger partial charge is 0.308 e. The van der Waals surface area contributed by atoms with Gasteiger partial charge in [0.1, 0.15) is 0 Å². The number of carbonyl (C=O) groups excluding carboxylic acids is 2. The van der Waals surface area contributed by atoms with Crippen LogP contribution in [0, 0.1) is 0 Å². The Balaban J connectivity index is 0.00000240. The predicted molar refractivity (Wildman–Crippen MR) is 115 cm³/mol. The molecule has 0 saturated carbocycles. The summed E-state index contributed by atoms with van der Waals surface area (Å²) in [4.78, 5) is 25.9. The molecular weight excluding hydrogens is 410 g/mol.